The van der Waals surface area contributed by atoms with Crippen LogP contribution in [0.15, 0.2) is 0 Å². The highest BCUT2D eigenvalue weighted by molar-refractivity contribution is 5.76. The molecule has 1 rings (SSSR count). The van der Waals surface area contributed by atoms with Crippen molar-refractivity contribution in [1.29, 1.82) is 0 Å². The lowest BCUT2D eigenvalue weighted by molar-refractivity contribution is -0.133. The fraction of sp³-hybridized carbons (Fsp3) is 0.938. The van der Waals surface area contributed by atoms with Crippen molar-refractivity contribution in [3.05, 3.63) is 0 Å². The standard InChI is InChI=1S/C16H32N2O/c1-3-4-5-6-7-12-16(19)18(2)15-11-9-8-10-14(15)13-17/h14-15H,3-13,17H2,1-2H3. The molecule has 0 spiro atoms. The van der Waals surface area contributed by atoms with Crippen LogP contribution >= 0.6 is 0 Å². The largest absolute Gasteiger partial charge is 0.342 e. The number of rotatable bonds is 8. The van der Waals surface area contributed by atoms with Gasteiger partial charge in [0.25, 0.3) is 0 Å². The Morgan fingerprint density at radius 1 is 1.16 bits per heavy atom. The number of unbranched alkanes of at least 4 members (excludes halogenated alkanes) is 4. The first-order valence-electron chi connectivity index (χ1n) is 8.16. The van der Waals surface area contributed by atoms with E-state index in [1.165, 1.54) is 44.9 Å². The Morgan fingerprint density at radius 3 is 2.53 bits per heavy atom. The van der Waals surface area contributed by atoms with Gasteiger partial charge in [-0.2, -0.15) is 0 Å². The van der Waals surface area contributed by atoms with Gasteiger partial charge < -0.3 is 10.6 Å². The van der Waals surface area contributed by atoms with E-state index < -0.39 is 0 Å². The van der Waals surface area contributed by atoms with Gasteiger partial charge in [0, 0.05) is 19.5 Å². The minimum atomic E-state index is 0.321. The van der Waals surface area contributed by atoms with E-state index in [1.54, 1.807) is 0 Å². The van der Waals surface area contributed by atoms with E-state index in [1.807, 2.05) is 11.9 Å². The lowest BCUT2D eigenvalue weighted by Gasteiger charge is -2.37. The van der Waals surface area contributed by atoms with Crippen molar-refractivity contribution < 1.29 is 4.79 Å². The van der Waals surface area contributed by atoms with E-state index in [2.05, 4.69) is 6.92 Å². The van der Waals surface area contributed by atoms with Gasteiger partial charge in [0.2, 0.25) is 5.91 Å². The first-order valence-corrected chi connectivity index (χ1v) is 8.16. The Kier molecular flexibility index (Phi) is 8.11. The third-order valence-electron chi connectivity index (χ3n) is 4.56. The van der Waals surface area contributed by atoms with Gasteiger partial charge >= 0.3 is 0 Å². The molecule has 1 amide bonds. The van der Waals surface area contributed by atoms with Crippen LogP contribution in [-0.4, -0.2) is 30.4 Å². The SMILES string of the molecule is CCCCCCCC(=O)N(C)C1CCCCC1CN. The second-order valence-corrected chi connectivity index (χ2v) is 6.02. The molecule has 0 bridgehead atoms. The van der Waals surface area contributed by atoms with E-state index in [9.17, 15) is 4.79 Å². The van der Waals surface area contributed by atoms with E-state index in [0.29, 0.717) is 24.3 Å². The quantitative estimate of drug-likeness (QED) is 0.686. The molecular formula is C16H32N2O. The highest BCUT2D eigenvalue weighted by Gasteiger charge is 2.29. The molecule has 19 heavy (non-hydrogen) atoms. The van der Waals surface area contributed by atoms with Crippen molar-refractivity contribution in [2.45, 2.75) is 77.2 Å². The van der Waals surface area contributed by atoms with Crippen LogP contribution < -0.4 is 5.73 Å². The zero-order valence-electron chi connectivity index (χ0n) is 12.9. The summed E-state index contributed by atoms with van der Waals surface area (Å²) in [5, 5.41) is 0. The summed E-state index contributed by atoms with van der Waals surface area (Å²) in [6.07, 6.45) is 11.6. The number of nitrogens with two attached hydrogens (primary N) is 1. The summed E-state index contributed by atoms with van der Waals surface area (Å²) >= 11 is 0. The van der Waals surface area contributed by atoms with Crippen LogP contribution in [0.2, 0.25) is 0 Å². The molecule has 0 saturated heterocycles. The van der Waals surface area contributed by atoms with Crippen LogP contribution in [0.5, 0.6) is 0 Å². The number of carbonyl (C=O) groups is 1. The monoisotopic (exact) mass is 268 g/mol. The second-order valence-electron chi connectivity index (χ2n) is 6.02. The number of hydrogen-bond donors (Lipinski definition) is 1. The van der Waals surface area contributed by atoms with Crippen molar-refractivity contribution in [3.63, 3.8) is 0 Å². The molecule has 0 aromatic carbocycles. The molecule has 0 aromatic heterocycles. The molecule has 1 fully saturated rings. The van der Waals surface area contributed by atoms with Crippen molar-refractivity contribution >= 4 is 5.91 Å². The van der Waals surface area contributed by atoms with Gasteiger partial charge in [-0.1, -0.05) is 45.4 Å². The maximum Gasteiger partial charge on any atom is 0.222 e. The molecule has 2 unspecified atom stereocenters. The topological polar surface area (TPSA) is 46.3 Å². The van der Waals surface area contributed by atoms with Crippen LogP contribution in [0, 0.1) is 5.92 Å². The van der Waals surface area contributed by atoms with E-state index in [-0.39, 0.29) is 0 Å². The minimum absolute atomic E-state index is 0.321. The van der Waals surface area contributed by atoms with Crippen LogP contribution in [0.3, 0.4) is 0 Å². The van der Waals surface area contributed by atoms with Gasteiger partial charge in [-0.3, -0.25) is 4.79 Å². The summed E-state index contributed by atoms with van der Waals surface area (Å²) in [7, 11) is 1.98. The lowest BCUT2D eigenvalue weighted by atomic mass is 9.83. The van der Waals surface area contributed by atoms with Crippen molar-refractivity contribution in [1.82, 2.24) is 4.90 Å². The predicted octanol–water partition coefficient (Wildman–Crippen LogP) is 3.32. The summed E-state index contributed by atoms with van der Waals surface area (Å²) < 4.78 is 0. The van der Waals surface area contributed by atoms with Gasteiger partial charge in [0.1, 0.15) is 0 Å². The van der Waals surface area contributed by atoms with E-state index in [4.69, 9.17) is 5.73 Å². The van der Waals surface area contributed by atoms with Gasteiger partial charge in [-0.15, -0.1) is 0 Å². The molecular weight excluding hydrogens is 236 g/mol. The smallest absolute Gasteiger partial charge is 0.222 e. The normalized spacial score (nSPS) is 23.3. The van der Waals surface area contributed by atoms with Crippen LogP contribution in [0.1, 0.15) is 71.1 Å². The number of carbonyl (C=O) groups excluding carboxylic acids is 1. The van der Waals surface area contributed by atoms with Gasteiger partial charge in [-0.05, 0) is 31.7 Å². The van der Waals surface area contributed by atoms with Gasteiger partial charge in [-0.25, -0.2) is 0 Å². The molecule has 2 N–H and O–H groups in total. The predicted molar refractivity (Wildman–Crippen MR) is 80.9 cm³/mol. The van der Waals surface area contributed by atoms with Crippen LogP contribution in [-0.2, 0) is 4.79 Å². The molecule has 112 valence electrons. The van der Waals surface area contributed by atoms with Crippen molar-refractivity contribution in [3.8, 4) is 0 Å². The highest BCUT2D eigenvalue weighted by Crippen LogP contribution is 2.27. The fourth-order valence-electron chi connectivity index (χ4n) is 3.21. The Balaban J connectivity index is 2.29. The van der Waals surface area contributed by atoms with Crippen LogP contribution in [0.4, 0.5) is 0 Å². The van der Waals surface area contributed by atoms with E-state index in [0.717, 1.165) is 19.4 Å². The summed E-state index contributed by atoms with van der Waals surface area (Å²) in [5.74, 6) is 0.838. The maximum absolute atomic E-state index is 12.2. The minimum Gasteiger partial charge on any atom is -0.342 e. The molecule has 1 saturated carbocycles. The maximum atomic E-state index is 12.2. The summed E-state index contributed by atoms with van der Waals surface area (Å²) in [6.45, 7) is 2.94. The molecule has 3 heteroatoms. The Bertz CT molecular complexity index is 255. The molecule has 2 atom stereocenters. The van der Waals surface area contributed by atoms with E-state index >= 15 is 0 Å². The molecule has 0 aromatic rings. The summed E-state index contributed by atoms with van der Waals surface area (Å²) in [6, 6.07) is 0.391. The number of amides is 1. The number of hydrogen-bond acceptors (Lipinski definition) is 2. The van der Waals surface area contributed by atoms with Crippen LogP contribution in [0.25, 0.3) is 0 Å². The lowest BCUT2D eigenvalue weighted by Crippen LogP contribution is -2.45. The Labute approximate surface area is 118 Å². The molecule has 1 aliphatic carbocycles. The zero-order valence-corrected chi connectivity index (χ0v) is 12.9. The fourth-order valence-corrected chi connectivity index (χ4v) is 3.21. The second kappa shape index (κ2) is 9.35. The molecule has 0 radical (unpaired) electrons. The Morgan fingerprint density at radius 2 is 1.84 bits per heavy atom. The Hall–Kier alpha value is -0.570. The molecule has 0 aliphatic heterocycles. The third kappa shape index (κ3) is 5.52. The third-order valence-corrected chi connectivity index (χ3v) is 4.56. The van der Waals surface area contributed by atoms with Gasteiger partial charge in [0.05, 0.1) is 0 Å². The van der Waals surface area contributed by atoms with Crippen molar-refractivity contribution in [2.75, 3.05) is 13.6 Å². The van der Waals surface area contributed by atoms with Crippen molar-refractivity contribution in [2.24, 2.45) is 11.7 Å². The first-order chi connectivity index (χ1) is 9.20. The zero-order chi connectivity index (χ0) is 14.1. The average molecular weight is 268 g/mol. The molecule has 0 heterocycles. The molecule has 3 nitrogen and oxygen atoms in total. The highest BCUT2D eigenvalue weighted by atomic mass is 16.2. The van der Waals surface area contributed by atoms with Gasteiger partial charge in [0.15, 0.2) is 0 Å². The molecule has 1 aliphatic rings. The summed E-state index contributed by atoms with van der Waals surface area (Å²) in [4.78, 5) is 14.2. The summed E-state index contributed by atoms with van der Waals surface area (Å²) in [5.41, 5.74) is 5.85. The number of nitrogens with zero attached hydrogens (tertiary/aromatic N) is 1. The first kappa shape index (κ1) is 16.5. The average Bonchev–Trinajstić information content (AvgIpc) is 2.46.